The Hall–Kier alpha value is -2.77. The van der Waals surface area contributed by atoms with Crippen LogP contribution in [0.2, 0.25) is 0 Å². The molecule has 0 spiro atoms. The van der Waals surface area contributed by atoms with Gasteiger partial charge in [0.2, 0.25) is 11.8 Å². The minimum absolute atomic E-state index is 0.0739. The zero-order chi connectivity index (χ0) is 29.2. The van der Waals surface area contributed by atoms with E-state index in [1.165, 1.54) is 6.42 Å². The number of ether oxygens (including phenoxy) is 1. The molecule has 39 heavy (non-hydrogen) atoms. The topological polar surface area (TPSA) is 108 Å². The molecule has 0 saturated heterocycles. The standard InChI is InChI=1S/C31H51N3O5/c1-8-9-10-14-19-34(29(37)26(21(2)3)33-30(38)39-31(5,6)7)27(23-17-18-25(35)22(4)20-23)28(36)32-24-15-12-11-13-16-24/h17-18,20-21,24,26-27,35H,8-16,19H2,1-7H3,(H,32,36)(H,33,38). The van der Waals surface area contributed by atoms with Crippen LogP contribution in [0.1, 0.15) is 116 Å². The van der Waals surface area contributed by atoms with Crippen LogP contribution in [0.4, 0.5) is 4.79 Å². The lowest BCUT2D eigenvalue weighted by molar-refractivity contribution is -0.143. The molecule has 1 saturated carbocycles. The van der Waals surface area contributed by atoms with Crippen molar-refractivity contribution in [1.82, 2.24) is 15.5 Å². The quantitative estimate of drug-likeness (QED) is 0.273. The van der Waals surface area contributed by atoms with Crippen molar-refractivity contribution in [3.8, 4) is 5.75 Å². The number of aryl methyl sites for hydroxylation is 1. The van der Waals surface area contributed by atoms with Crippen LogP contribution >= 0.6 is 0 Å². The minimum Gasteiger partial charge on any atom is -0.508 e. The van der Waals surface area contributed by atoms with Crippen LogP contribution in [0.15, 0.2) is 18.2 Å². The van der Waals surface area contributed by atoms with Gasteiger partial charge in [0.15, 0.2) is 0 Å². The summed E-state index contributed by atoms with van der Waals surface area (Å²) in [5.74, 6) is -0.637. The van der Waals surface area contributed by atoms with Crippen LogP contribution < -0.4 is 10.6 Å². The normalized spacial score (nSPS) is 15.9. The number of rotatable bonds is 12. The van der Waals surface area contributed by atoms with Crippen molar-refractivity contribution in [2.24, 2.45) is 5.92 Å². The lowest BCUT2D eigenvalue weighted by Gasteiger charge is -2.36. The predicted octanol–water partition coefficient (Wildman–Crippen LogP) is 6.15. The van der Waals surface area contributed by atoms with Crippen LogP contribution in [0.3, 0.4) is 0 Å². The van der Waals surface area contributed by atoms with Gasteiger partial charge in [-0.15, -0.1) is 0 Å². The number of phenols is 1. The molecular formula is C31H51N3O5. The molecule has 3 amide bonds. The molecule has 1 aromatic carbocycles. The molecule has 0 heterocycles. The average molecular weight is 546 g/mol. The predicted molar refractivity (Wildman–Crippen MR) is 154 cm³/mol. The molecule has 1 aromatic rings. The molecule has 0 aliphatic heterocycles. The maximum atomic E-state index is 14.2. The van der Waals surface area contributed by atoms with Crippen molar-refractivity contribution < 1.29 is 24.2 Å². The van der Waals surface area contributed by atoms with E-state index in [-0.39, 0.29) is 29.5 Å². The molecule has 2 unspecified atom stereocenters. The van der Waals surface area contributed by atoms with E-state index in [4.69, 9.17) is 4.74 Å². The van der Waals surface area contributed by atoms with E-state index >= 15 is 0 Å². The van der Waals surface area contributed by atoms with Crippen molar-refractivity contribution in [3.05, 3.63) is 29.3 Å². The molecule has 1 aliphatic carbocycles. The highest BCUT2D eigenvalue weighted by Crippen LogP contribution is 2.29. The smallest absolute Gasteiger partial charge is 0.408 e. The Kier molecular flexibility index (Phi) is 12.6. The molecule has 8 nitrogen and oxygen atoms in total. The van der Waals surface area contributed by atoms with E-state index in [0.29, 0.717) is 17.7 Å². The number of carbonyl (C=O) groups is 3. The van der Waals surface area contributed by atoms with E-state index in [9.17, 15) is 19.5 Å². The molecular weight excluding hydrogens is 494 g/mol. The molecule has 1 aliphatic rings. The molecule has 2 rings (SSSR count). The van der Waals surface area contributed by atoms with Gasteiger partial charge < -0.3 is 25.4 Å². The molecule has 220 valence electrons. The second-order valence-corrected chi connectivity index (χ2v) is 12.3. The average Bonchev–Trinajstić information content (AvgIpc) is 2.85. The van der Waals surface area contributed by atoms with Gasteiger partial charge in [0.1, 0.15) is 23.4 Å². The first-order valence-corrected chi connectivity index (χ1v) is 14.7. The Morgan fingerprint density at radius 3 is 2.31 bits per heavy atom. The number of aromatic hydroxyl groups is 1. The number of alkyl carbamates (subject to hydrolysis) is 1. The summed E-state index contributed by atoms with van der Waals surface area (Å²) in [6.07, 6.45) is 8.24. The highest BCUT2D eigenvalue weighted by atomic mass is 16.6. The summed E-state index contributed by atoms with van der Waals surface area (Å²) < 4.78 is 5.46. The zero-order valence-corrected chi connectivity index (χ0v) is 25.1. The van der Waals surface area contributed by atoms with E-state index < -0.39 is 23.8 Å². The Labute approximate surface area is 235 Å². The molecule has 3 N–H and O–H groups in total. The van der Waals surface area contributed by atoms with Crippen molar-refractivity contribution in [3.63, 3.8) is 0 Å². The van der Waals surface area contributed by atoms with Gasteiger partial charge in [-0.1, -0.05) is 65.4 Å². The van der Waals surface area contributed by atoms with Gasteiger partial charge in [0.05, 0.1) is 0 Å². The maximum Gasteiger partial charge on any atom is 0.408 e. The number of benzene rings is 1. The monoisotopic (exact) mass is 545 g/mol. The van der Waals surface area contributed by atoms with Gasteiger partial charge in [-0.25, -0.2) is 4.79 Å². The van der Waals surface area contributed by atoms with Gasteiger partial charge in [-0.2, -0.15) is 0 Å². The lowest BCUT2D eigenvalue weighted by Crippen LogP contribution is -2.55. The van der Waals surface area contributed by atoms with Crippen LogP contribution in [0, 0.1) is 12.8 Å². The van der Waals surface area contributed by atoms with Crippen LogP contribution in [0.25, 0.3) is 0 Å². The first-order chi connectivity index (χ1) is 18.3. The highest BCUT2D eigenvalue weighted by Gasteiger charge is 2.38. The Bertz CT molecular complexity index is 950. The molecule has 8 heteroatoms. The number of hydrogen-bond acceptors (Lipinski definition) is 5. The number of nitrogens with one attached hydrogen (secondary N) is 2. The number of phenolic OH excluding ortho intramolecular Hbond substituents is 1. The van der Waals surface area contributed by atoms with Crippen LogP contribution in [-0.2, 0) is 14.3 Å². The van der Waals surface area contributed by atoms with Gasteiger partial charge in [0.25, 0.3) is 0 Å². The van der Waals surface area contributed by atoms with Gasteiger partial charge in [-0.05, 0) is 76.1 Å². The summed E-state index contributed by atoms with van der Waals surface area (Å²) in [4.78, 5) is 42.5. The second kappa shape index (κ2) is 15.1. The summed E-state index contributed by atoms with van der Waals surface area (Å²) in [6, 6.07) is 3.38. The first kappa shape index (κ1) is 32.4. The van der Waals surface area contributed by atoms with E-state index in [1.807, 2.05) is 13.8 Å². The van der Waals surface area contributed by atoms with Crippen molar-refractivity contribution in [1.29, 1.82) is 0 Å². The van der Waals surface area contributed by atoms with Crippen molar-refractivity contribution in [2.45, 2.75) is 130 Å². The third-order valence-corrected chi connectivity index (χ3v) is 7.19. The summed E-state index contributed by atoms with van der Waals surface area (Å²) in [5.41, 5.74) is 0.566. The minimum atomic E-state index is -0.887. The van der Waals surface area contributed by atoms with Crippen LogP contribution in [-0.4, -0.2) is 52.1 Å². The molecule has 1 fully saturated rings. The van der Waals surface area contributed by atoms with Gasteiger partial charge >= 0.3 is 6.09 Å². The Morgan fingerprint density at radius 1 is 1.08 bits per heavy atom. The number of nitrogens with zero attached hydrogens (tertiary/aromatic N) is 1. The van der Waals surface area contributed by atoms with Crippen molar-refractivity contribution >= 4 is 17.9 Å². The zero-order valence-electron chi connectivity index (χ0n) is 25.1. The third-order valence-electron chi connectivity index (χ3n) is 7.19. The molecule has 0 bridgehead atoms. The summed E-state index contributed by atoms with van der Waals surface area (Å²) in [6.45, 7) is 13.4. The first-order valence-electron chi connectivity index (χ1n) is 14.7. The van der Waals surface area contributed by atoms with Crippen LogP contribution in [0.5, 0.6) is 5.75 Å². The SMILES string of the molecule is CCCCCCN(C(=O)C(NC(=O)OC(C)(C)C)C(C)C)C(C(=O)NC1CCCCC1)c1ccc(O)c(C)c1. The number of hydrogen-bond donors (Lipinski definition) is 3. The lowest BCUT2D eigenvalue weighted by atomic mass is 9.94. The van der Waals surface area contributed by atoms with E-state index in [0.717, 1.165) is 51.4 Å². The van der Waals surface area contributed by atoms with Gasteiger partial charge in [0, 0.05) is 12.6 Å². The molecule has 2 atom stereocenters. The summed E-state index contributed by atoms with van der Waals surface area (Å²) in [7, 11) is 0. The maximum absolute atomic E-state index is 14.2. The Morgan fingerprint density at radius 2 is 1.74 bits per heavy atom. The number of amides is 3. The number of carbonyl (C=O) groups excluding carboxylic acids is 3. The number of unbranched alkanes of at least 4 members (excludes halogenated alkanes) is 3. The van der Waals surface area contributed by atoms with Crippen molar-refractivity contribution in [2.75, 3.05) is 6.54 Å². The largest absolute Gasteiger partial charge is 0.508 e. The second-order valence-electron chi connectivity index (χ2n) is 12.3. The van der Waals surface area contributed by atoms with E-state index in [1.54, 1.807) is 50.8 Å². The van der Waals surface area contributed by atoms with E-state index in [2.05, 4.69) is 17.6 Å². The molecule has 0 radical (unpaired) electrons. The fraction of sp³-hybridized carbons (Fsp3) is 0.710. The fourth-order valence-electron chi connectivity index (χ4n) is 5.05. The summed E-state index contributed by atoms with van der Waals surface area (Å²) in [5, 5.41) is 16.2. The van der Waals surface area contributed by atoms with Gasteiger partial charge in [-0.3, -0.25) is 9.59 Å². The third kappa shape index (κ3) is 10.4. The molecule has 0 aromatic heterocycles. The highest BCUT2D eigenvalue weighted by molar-refractivity contribution is 5.92. The Balaban J connectivity index is 2.48. The summed E-state index contributed by atoms with van der Waals surface area (Å²) >= 11 is 0. The fourth-order valence-corrected chi connectivity index (χ4v) is 5.05.